The molecule has 20 heavy (non-hydrogen) atoms. The average molecular weight is 273 g/mol. The van der Waals surface area contributed by atoms with Gasteiger partial charge in [-0.15, -0.1) is 0 Å². The summed E-state index contributed by atoms with van der Waals surface area (Å²) in [7, 11) is 3.25. The van der Waals surface area contributed by atoms with Crippen molar-refractivity contribution in [3.8, 4) is 22.6 Å². The lowest BCUT2D eigenvalue weighted by Crippen LogP contribution is -2.00. The third-order valence-corrected chi connectivity index (χ3v) is 3.27. The number of ether oxygens (including phenoxy) is 2. The number of aliphatic hydroxyl groups excluding tert-OH is 1. The van der Waals surface area contributed by atoms with Crippen LogP contribution in [0.2, 0.25) is 0 Å². The van der Waals surface area contributed by atoms with Gasteiger partial charge in [-0.2, -0.15) is 0 Å². The number of para-hydroxylation sites is 1. The number of nitrogens with two attached hydrogens (primary N) is 1. The number of anilines is 1. The van der Waals surface area contributed by atoms with Gasteiger partial charge in [0, 0.05) is 23.4 Å². The molecule has 0 atom stereocenters. The minimum atomic E-state index is 0.0723. The third-order valence-electron chi connectivity index (χ3n) is 3.27. The molecule has 0 heterocycles. The smallest absolute Gasteiger partial charge is 0.127 e. The number of hydrogen-bond acceptors (Lipinski definition) is 4. The minimum absolute atomic E-state index is 0.0723. The zero-order valence-corrected chi connectivity index (χ0v) is 11.7. The van der Waals surface area contributed by atoms with E-state index in [-0.39, 0.29) is 6.61 Å². The topological polar surface area (TPSA) is 64.7 Å². The van der Waals surface area contributed by atoms with Crippen molar-refractivity contribution in [2.45, 2.75) is 6.42 Å². The summed E-state index contributed by atoms with van der Waals surface area (Å²) in [5, 5.41) is 9.09. The Labute approximate surface area is 118 Å². The summed E-state index contributed by atoms with van der Waals surface area (Å²) < 4.78 is 10.7. The van der Waals surface area contributed by atoms with E-state index in [1.807, 2.05) is 36.4 Å². The fourth-order valence-corrected chi connectivity index (χ4v) is 2.21. The highest BCUT2D eigenvalue weighted by atomic mass is 16.5. The van der Waals surface area contributed by atoms with Gasteiger partial charge in [0.15, 0.2) is 0 Å². The molecular weight excluding hydrogens is 254 g/mol. The Morgan fingerprint density at radius 2 is 1.85 bits per heavy atom. The van der Waals surface area contributed by atoms with Crippen LogP contribution in [0, 0.1) is 0 Å². The predicted octanol–water partition coefficient (Wildman–Crippen LogP) is 2.49. The highest BCUT2D eigenvalue weighted by molar-refractivity contribution is 5.83. The van der Waals surface area contributed by atoms with Crippen LogP contribution in [0.5, 0.6) is 11.5 Å². The number of aliphatic hydroxyl groups is 1. The Kier molecular flexibility index (Phi) is 4.48. The number of hydrogen-bond donors (Lipinski definition) is 2. The summed E-state index contributed by atoms with van der Waals surface area (Å²) >= 11 is 0. The van der Waals surface area contributed by atoms with Gasteiger partial charge in [0.05, 0.1) is 14.2 Å². The average Bonchev–Trinajstić information content (AvgIpc) is 2.49. The fraction of sp³-hybridized carbons (Fsp3) is 0.250. The lowest BCUT2D eigenvalue weighted by molar-refractivity contribution is 0.300. The van der Waals surface area contributed by atoms with E-state index < -0.39 is 0 Å². The van der Waals surface area contributed by atoms with E-state index in [4.69, 9.17) is 20.3 Å². The van der Waals surface area contributed by atoms with Crippen LogP contribution in [0.15, 0.2) is 36.4 Å². The molecule has 0 bridgehead atoms. The molecular formula is C16H19NO3. The molecule has 2 aromatic rings. The maximum Gasteiger partial charge on any atom is 0.127 e. The molecule has 0 radical (unpaired) electrons. The quantitative estimate of drug-likeness (QED) is 0.821. The van der Waals surface area contributed by atoms with Gasteiger partial charge >= 0.3 is 0 Å². The Morgan fingerprint density at radius 1 is 1.05 bits per heavy atom. The van der Waals surface area contributed by atoms with Crippen LogP contribution in [0.4, 0.5) is 5.69 Å². The van der Waals surface area contributed by atoms with Crippen LogP contribution in [-0.4, -0.2) is 25.9 Å². The van der Waals surface area contributed by atoms with Gasteiger partial charge in [0.25, 0.3) is 0 Å². The van der Waals surface area contributed by atoms with E-state index in [0.717, 1.165) is 28.2 Å². The first-order chi connectivity index (χ1) is 9.71. The molecule has 0 amide bonds. The Morgan fingerprint density at radius 3 is 2.50 bits per heavy atom. The Hall–Kier alpha value is -2.20. The van der Waals surface area contributed by atoms with E-state index >= 15 is 0 Å². The largest absolute Gasteiger partial charge is 0.497 e. The number of methoxy groups -OCH3 is 2. The molecule has 0 aliphatic rings. The zero-order valence-electron chi connectivity index (χ0n) is 11.7. The minimum Gasteiger partial charge on any atom is -0.497 e. The highest BCUT2D eigenvalue weighted by Crippen LogP contribution is 2.37. The van der Waals surface area contributed by atoms with Crippen LogP contribution in [0.25, 0.3) is 11.1 Å². The fourth-order valence-electron chi connectivity index (χ4n) is 2.21. The molecule has 106 valence electrons. The molecule has 3 N–H and O–H groups in total. The normalized spacial score (nSPS) is 10.3. The molecule has 0 saturated heterocycles. The summed E-state index contributed by atoms with van der Waals surface area (Å²) in [4.78, 5) is 0. The second-order valence-corrected chi connectivity index (χ2v) is 4.42. The van der Waals surface area contributed by atoms with Crippen LogP contribution in [-0.2, 0) is 6.42 Å². The summed E-state index contributed by atoms with van der Waals surface area (Å²) in [5.41, 5.74) is 9.56. The number of nitrogen functional groups attached to an aromatic ring is 1. The molecule has 2 aromatic carbocycles. The van der Waals surface area contributed by atoms with Gasteiger partial charge < -0.3 is 20.3 Å². The predicted molar refractivity (Wildman–Crippen MR) is 80.2 cm³/mol. The number of rotatable bonds is 5. The van der Waals surface area contributed by atoms with Crippen molar-refractivity contribution in [3.05, 3.63) is 42.0 Å². The van der Waals surface area contributed by atoms with Crippen molar-refractivity contribution < 1.29 is 14.6 Å². The monoisotopic (exact) mass is 273 g/mol. The molecule has 2 rings (SSSR count). The van der Waals surface area contributed by atoms with Crippen molar-refractivity contribution in [1.29, 1.82) is 0 Å². The zero-order chi connectivity index (χ0) is 14.5. The highest BCUT2D eigenvalue weighted by Gasteiger charge is 2.12. The van der Waals surface area contributed by atoms with Crippen molar-refractivity contribution in [3.63, 3.8) is 0 Å². The maximum atomic E-state index is 9.09. The van der Waals surface area contributed by atoms with E-state index in [1.54, 1.807) is 14.2 Å². The van der Waals surface area contributed by atoms with Crippen molar-refractivity contribution in [2.75, 3.05) is 26.6 Å². The van der Waals surface area contributed by atoms with Gasteiger partial charge in [-0.3, -0.25) is 0 Å². The van der Waals surface area contributed by atoms with Crippen LogP contribution in [0.1, 0.15) is 5.56 Å². The Bertz CT molecular complexity index is 596. The molecule has 0 fully saturated rings. The van der Waals surface area contributed by atoms with Crippen molar-refractivity contribution >= 4 is 5.69 Å². The molecule has 0 aliphatic carbocycles. The SMILES string of the molecule is COc1ccc(OC)c(-c2cccc(CCO)c2N)c1. The van der Waals surface area contributed by atoms with Crippen molar-refractivity contribution in [1.82, 2.24) is 0 Å². The maximum absolute atomic E-state index is 9.09. The summed E-state index contributed by atoms with van der Waals surface area (Å²) in [6.07, 6.45) is 0.534. The van der Waals surface area contributed by atoms with Crippen LogP contribution in [0.3, 0.4) is 0 Å². The molecule has 0 aliphatic heterocycles. The van der Waals surface area contributed by atoms with Gasteiger partial charge in [-0.25, -0.2) is 0 Å². The van der Waals surface area contributed by atoms with Crippen LogP contribution >= 0.6 is 0 Å². The Balaban J connectivity index is 2.58. The number of benzene rings is 2. The molecule has 0 saturated carbocycles. The van der Waals surface area contributed by atoms with Gasteiger partial charge in [-0.1, -0.05) is 18.2 Å². The first kappa shape index (κ1) is 14.2. The summed E-state index contributed by atoms with van der Waals surface area (Å²) in [5.74, 6) is 1.48. The standard InChI is InChI=1S/C16H19NO3/c1-19-12-6-7-15(20-2)14(10-12)13-5-3-4-11(8-9-18)16(13)17/h3-7,10,18H,8-9,17H2,1-2H3. The van der Waals surface area contributed by atoms with Crippen molar-refractivity contribution in [2.24, 2.45) is 0 Å². The summed E-state index contributed by atoms with van der Waals surface area (Å²) in [6, 6.07) is 11.4. The molecule has 0 aromatic heterocycles. The molecule has 0 spiro atoms. The second kappa shape index (κ2) is 6.30. The molecule has 0 unspecified atom stereocenters. The molecule has 4 heteroatoms. The van der Waals surface area contributed by atoms with E-state index in [1.165, 1.54) is 0 Å². The summed E-state index contributed by atoms with van der Waals surface area (Å²) in [6.45, 7) is 0.0723. The van der Waals surface area contributed by atoms with Crippen LogP contribution < -0.4 is 15.2 Å². The third kappa shape index (κ3) is 2.70. The van der Waals surface area contributed by atoms with Gasteiger partial charge in [0.2, 0.25) is 0 Å². The molecule has 4 nitrogen and oxygen atoms in total. The van der Waals surface area contributed by atoms with E-state index in [2.05, 4.69) is 0 Å². The second-order valence-electron chi connectivity index (χ2n) is 4.42. The lowest BCUT2D eigenvalue weighted by Gasteiger charge is -2.14. The first-order valence-corrected chi connectivity index (χ1v) is 6.42. The first-order valence-electron chi connectivity index (χ1n) is 6.42. The van der Waals surface area contributed by atoms with Gasteiger partial charge in [0.1, 0.15) is 11.5 Å². The lowest BCUT2D eigenvalue weighted by atomic mass is 9.98. The van der Waals surface area contributed by atoms with Gasteiger partial charge in [-0.05, 0) is 30.2 Å². The van der Waals surface area contributed by atoms with E-state index in [9.17, 15) is 0 Å². The van der Waals surface area contributed by atoms with E-state index in [0.29, 0.717) is 12.1 Å².